The Kier molecular flexibility index (Phi) is 8.82. The number of ether oxygens (including phenoxy) is 2. The van der Waals surface area contributed by atoms with Gasteiger partial charge in [0.05, 0.1) is 19.5 Å². The van der Waals surface area contributed by atoms with Crippen molar-refractivity contribution < 1.29 is 14.3 Å². The molecule has 0 heterocycles. The molecule has 0 aliphatic rings. The first kappa shape index (κ1) is 21.5. The molecule has 4 nitrogen and oxygen atoms in total. The van der Waals surface area contributed by atoms with Crippen LogP contribution in [0.25, 0.3) is 0 Å². The molecule has 0 saturated heterocycles. The Morgan fingerprint density at radius 1 is 1.11 bits per heavy atom. The van der Waals surface area contributed by atoms with Crippen molar-refractivity contribution in [1.29, 1.82) is 0 Å². The van der Waals surface area contributed by atoms with Gasteiger partial charge in [-0.1, -0.05) is 24.6 Å². The number of methoxy groups -OCH3 is 2. The summed E-state index contributed by atoms with van der Waals surface area (Å²) in [5, 5.41) is 3.64. The summed E-state index contributed by atoms with van der Waals surface area (Å²) in [7, 11) is 3.25. The van der Waals surface area contributed by atoms with Crippen LogP contribution >= 0.6 is 23.4 Å². The molecule has 2 aromatic rings. The Hall–Kier alpha value is -1.85. The Labute approximate surface area is 170 Å². The summed E-state index contributed by atoms with van der Waals surface area (Å²) in [6.45, 7) is 2.67. The van der Waals surface area contributed by atoms with Gasteiger partial charge in [0.15, 0.2) is 11.5 Å². The van der Waals surface area contributed by atoms with E-state index in [0.717, 1.165) is 41.2 Å². The number of aryl methyl sites for hydroxylation is 1. The molecule has 0 spiro atoms. The van der Waals surface area contributed by atoms with Gasteiger partial charge >= 0.3 is 0 Å². The summed E-state index contributed by atoms with van der Waals surface area (Å²) in [5.41, 5.74) is 1.16. The molecule has 0 aliphatic carbocycles. The first-order chi connectivity index (χ1) is 13.1. The largest absolute Gasteiger partial charge is 0.493 e. The summed E-state index contributed by atoms with van der Waals surface area (Å²) < 4.78 is 10.6. The van der Waals surface area contributed by atoms with Gasteiger partial charge in [0.1, 0.15) is 0 Å². The molecule has 2 aromatic carbocycles. The molecule has 0 unspecified atom stereocenters. The second kappa shape index (κ2) is 11.1. The summed E-state index contributed by atoms with van der Waals surface area (Å²) >= 11 is 7.48. The molecule has 0 saturated carbocycles. The highest BCUT2D eigenvalue weighted by atomic mass is 35.5. The van der Waals surface area contributed by atoms with Crippen LogP contribution in [0.4, 0.5) is 0 Å². The monoisotopic (exact) mass is 407 g/mol. The lowest BCUT2D eigenvalue weighted by Gasteiger charge is -2.15. The normalized spacial score (nSPS) is 11.7. The average Bonchev–Trinajstić information content (AvgIpc) is 2.70. The minimum atomic E-state index is -0.104. The molecular formula is C21H26ClNO3S. The van der Waals surface area contributed by atoms with E-state index in [2.05, 4.69) is 5.32 Å². The lowest BCUT2D eigenvalue weighted by molar-refractivity contribution is -0.120. The third-order valence-electron chi connectivity index (χ3n) is 4.14. The Morgan fingerprint density at radius 2 is 1.81 bits per heavy atom. The molecule has 1 N–H and O–H groups in total. The molecule has 6 heteroatoms. The summed E-state index contributed by atoms with van der Waals surface area (Å²) in [4.78, 5) is 13.5. The summed E-state index contributed by atoms with van der Waals surface area (Å²) in [5.74, 6) is 1.52. The van der Waals surface area contributed by atoms with Gasteiger partial charge in [0, 0.05) is 16.5 Å². The second-order valence-corrected chi connectivity index (χ2v) is 7.77. The van der Waals surface area contributed by atoms with Crippen molar-refractivity contribution in [2.75, 3.05) is 20.8 Å². The van der Waals surface area contributed by atoms with E-state index in [1.54, 1.807) is 26.0 Å². The fraction of sp³-hybridized carbons (Fsp3) is 0.381. The van der Waals surface area contributed by atoms with Crippen molar-refractivity contribution in [2.24, 2.45) is 0 Å². The van der Waals surface area contributed by atoms with Gasteiger partial charge in [0.2, 0.25) is 5.91 Å². The van der Waals surface area contributed by atoms with Gasteiger partial charge in [-0.25, -0.2) is 0 Å². The Bertz CT molecular complexity index is 737. The van der Waals surface area contributed by atoms with E-state index >= 15 is 0 Å². The maximum atomic E-state index is 12.4. The van der Waals surface area contributed by atoms with Crippen LogP contribution < -0.4 is 14.8 Å². The van der Waals surface area contributed by atoms with Crippen LogP contribution in [0.5, 0.6) is 11.5 Å². The van der Waals surface area contributed by atoms with Gasteiger partial charge in [-0.05, 0) is 61.2 Å². The van der Waals surface area contributed by atoms with Gasteiger partial charge in [-0.3, -0.25) is 4.79 Å². The molecule has 146 valence electrons. The quantitative estimate of drug-likeness (QED) is 0.446. The van der Waals surface area contributed by atoms with Crippen LogP contribution in [-0.4, -0.2) is 31.9 Å². The number of amides is 1. The number of hydrogen-bond donors (Lipinski definition) is 1. The van der Waals surface area contributed by atoms with Crippen LogP contribution in [0.1, 0.15) is 25.3 Å². The summed E-state index contributed by atoms with van der Waals surface area (Å²) in [6.07, 6.45) is 2.50. The molecule has 0 radical (unpaired) electrons. The first-order valence-electron chi connectivity index (χ1n) is 8.98. The predicted molar refractivity (Wildman–Crippen MR) is 112 cm³/mol. The lowest BCUT2D eigenvalue weighted by Crippen LogP contribution is -2.33. The van der Waals surface area contributed by atoms with E-state index in [0.29, 0.717) is 11.6 Å². The minimum Gasteiger partial charge on any atom is -0.493 e. The summed E-state index contributed by atoms with van der Waals surface area (Å²) in [6, 6.07) is 13.5. The molecule has 1 atom stereocenters. The molecule has 27 heavy (non-hydrogen) atoms. The van der Waals surface area contributed by atoms with Crippen LogP contribution in [0.15, 0.2) is 47.4 Å². The van der Waals surface area contributed by atoms with Crippen LogP contribution in [0, 0.1) is 0 Å². The smallest absolute Gasteiger partial charge is 0.233 e. The molecule has 0 fully saturated rings. The number of halogens is 1. The number of nitrogens with one attached hydrogen (secondary N) is 1. The maximum absolute atomic E-state index is 12.4. The molecule has 0 aliphatic heterocycles. The van der Waals surface area contributed by atoms with E-state index < -0.39 is 0 Å². The van der Waals surface area contributed by atoms with Gasteiger partial charge in [0.25, 0.3) is 0 Å². The Morgan fingerprint density at radius 3 is 2.44 bits per heavy atom. The van der Waals surface area contributed by atoms with Crippen LogP contribution in [-0.2, 0) is 11.2 Å². The lowest BCUT2D eigenvalue weighted by atomic mass is 10.1. The highest BCUT2D eigenvalue weighted by Crippen LogP contribution is 2.28. The third-order valence-corrected chi connectivity index (χ3v) is 5.77. The van der Waals surface area contributed by atoms with Crippen molar-refractivity contribution in [3.05, 3.63) is 53.1 Å². The zero-order valence-corrected chi connectivity index (χ0v) is 17.5. The fourth-order valence-electron chi connectivity index (χ4n) is 2.65. The maximum Gasteiger partial charge on any atom is 0.233 e. The number of rotatable bonds is 10. The Balaban J connectivity index is 1.79. The van der Waals surface area contributed by atoms with Gasteiger partial charge in [-0.2, -0.15) is 0 Å². The zero-order chi connectivity index (χ0) is 19.6. The van der Waals surface area contributed by atoms with E-state index in [-0.39, 0.29) is 11.2 Å². The van der Waals surface area contributed by atoms with Crippen molar-refractivity contribution in [1.82, 2.24) is 5.32 Å². The zero-order valence-electron chi connectivity index (χ0n) is 16.0. The number of thioether (sulfide) groups is 1. The highest BCUT2D eigenvalue weighted by molar-refractivity contribution is 8.00. The van der Waals surface area contributed by atoms with E-state index in [9.17, 15) is 4.79 Å². The predicted octanol–water partition coefficient (Wildman–Crippen LogP) is 4.98. The molecule has 0 bridgehead atoms. The van der Waals surface area contributed by atoms with E-state index in [1.807, 2.05) is 49.4 Å². The molecule has 0 aromatic heterocycles. The SMILES string of the molecule is CC[C@H](Sc1ccc(Cl)cc1)C(=O)NCCCc1ccc(OC)c(OC)c1. The number of benzene rings is 2. The molecular weight excluding hydrogens is 382 g/mol. The molecule has 2 rings (SSSR count). The van der Waals surface area contributed by atoms with Crippen molar-refractivity contribution in [3.8, 4) is 11.5 Å². The minimum absolute atomic E-state index is 0.0739. The molecule has 1 amide bonds. The van der Waals surface area contributed by atoms with Crippen molar-refractivity contribution in [2.45, 2.75) is 36.3 Å². The van der Waals surface area contributed by atoms with Crippen LogP contribution in [0.2, 0.25) is 5.02 Å². The van der Waals surface area contributed by atoms with Crippen molar-refractivity contribution >= 4 is 29.3 Å². The fourth-order valence-corrected chi connectivity index (χ4v) is 3.76. The topological polar surface area (TPSA) is 47.6 Å². The number of carbonyl (C=O) groups excluding carboxylic acids is 1. The standard InChI is InChI=1S/C21H26ClNO3S/c1-4-20(27-17-10-8-16(22)9-11-17)21(24)23-13-5-6-15-7-12-18(25-2)19(14-15)26-3/h7-12,14,20H,4-6,13H2,1-3H3,(H,23,24)/t20-/m0/s1. The first-order valence-corrected chi connectivity index (χ1v) is 10.2. The average molecular weight is 408 g/mol. The van der Waals surface area contributed by atoms with Gasteiger partial charge in [-0.15, -0.1) is 11.8 Å². The number of carbonyl (C=O) groups is 1. The number of hydrogen-bond acceptors (Lipinski definition) is 4. The van der Waals surface area contributed by atoms with Crippen LogP contribution in [0.3, 0.4) is 0 Å². The highest BCUT2D eigenvalue weighted by Gasteiger charge is 2.17. The third kappa shape index (κ3) is 6.67. The van der Waals surface area contributed by atoms with Crippen molar-refractivity contribution in [3.63, 3.8) is 0 Å². The van der Waals surface area contributed by atoms with Gasteiger partial charge < -0.3 is 14.8 Å². The van der Waals surface area contributed by atoms with E-state index in [4.69, 9.17) is 21.1 Å². The second-order valence-electron chi connectivity index (χ2n) is 6.05. The van der Waals surface area contributed by atoms with E-state index in [1.165, 1.54) is 0 Å².